The van der Waals surface area contributed by atoms with E-state index in [2.05, 4.69) is 0 Å². The molecule has 0 aromatic heterocycles. The molecule has 0 spiro atoms. The van der Waals surface area contributed by atoms with E-state index >= 15 is 0 Å². The van der Waals surface area contributed by atoms with E-state index in [1.54, 1.807) is 0 Å². The maximum absolute atomic E-state index is 11.0. The first-order chi connectivity index (χ1) is 14.6. The molecule has 0 saturated carbocycles. The van der Waals surface area contributed by atoms with Gasteiger partial charge in [0.05, 0.1) is 6.61 Å². The van der Waals surface area contributed by atoms with Gasteiger partial charge in [-0.2, -0.15) is 0 Å². The van der Waals surface area contributed by atoms with Crippen LogP contribution in [0.1, 0.15) is 30.9 Å². The van der Waals surface area contributed by atoms with E-state index in [-0.39, 0.29) is 12.4 Å². The summed E-state index contributed by atoms with van der Waals surface area (Å²) < 4.78 is 4.82. The molecule has 0 unspecified atom stereocenters. The van der Waals surface area contributed by atoms with E-state index in [1.807, 2.05) is 67.6 Å². The van der Waals surface area contributed by atoms with Gasteiger partial charge in [-0.05, 0) is 37.3 Å². The fraction of sp³-hybridized carbons (Fsp3) is 0.391. The maximum atomic E-state index is 11.0. The van der Waals surface area contributed by atoms with Crippen molar-refractivity contribution in [2.45, 2.75) is 32.6 Å². The fourth-order valence-electron chi connectivity index (χ4n) is 2.02. The van der Waals surface area contributed by atoms with Crippen molar-refractivity contribution in [1.29, 1.82) is 0 Å². The SMILES string of the molecule is CCOC(=O)CCc1ccccc1.CO.CO.CO.O=C([O-])CCc1ccccc1. The van der Waals surface area contributed by atoms with E-state index in [4.69, 9.17) is 20.1 Å². The van der Waals surface area contributed by atoms with Crippen LogP contribution in [0.25, 0.3) is 0 Å². The minimum atomic E-state index is -0.992. The van der Waals surface area contributed by atoms with Gasteiger partial charge in [0.25, 0.3) is 0 Å². The van der Waals surface area contributed by atoms with E-state index in [0.29, 0.717) is 19.4 Å². The van der Waals surface area contributed by atoms with Crippen molar-refractivity contribution >= 4 is 11.9 Å². The summed E-state index contributed by atoms with van der Waals surface area (Å²) in [4.78, 5) is 21.1. The largest absolute Gasteiger partial charge is 0.550 e. The molecule has 30 heavy (non-hydrogen) atoms. The number of ether oxygens (including phenoxy) is 1. The second-order valence-corrected chi connectivity index (χ2v) is 5.15. The van der Waals surface area contributed by atoms with E-state index in [0.717, 1.165) is 33.3 Å². The van der Waals surface area contributed by atoms with E-state index in [1.165, 1.54) is 5.56 Å². The number of aliphatic carboxylic acids is 1. The molecule has 3 N–H and O–H groups in total. The number of carboxylic acids is 1. The first-order valence-electron chi connectivity index (χ1n) is 9.39. The Bertz CT molecular complexity index is 601. The normalized spacial score (nSPS) is 8.23. The van der Waals surface area contributed by atoms with Crippen molar-refractivity contribution in [3.8, 4) is 0 Å². The van der Waals surface area contributed by atoms with Crippen molar-refractivity contribution < 1.29 is 34.8 Å². The molecule has 0 amide bonds. The van der Waals surface area contributed by atoms with Gasteiger partial charge in [0.1, 0.15) is 0 Å². The number of aliphatic hydroxyl groups is 3. The Labute approximate surface area is 179 Å². The molecule has 2 aromatic rings. The summed E-state index contributed by atoms with van der Waals surface area (Å²) in [6.07, 6.45) is 1.89. The summed E-state index contributed by atoms with van der Waals surface area (Å²) in [5.74, 6) is -1.11. The van der Waals surface area contributed by atoms with E-state index in [9.17, 15) is 14.7 Å². The lowest BCUT2D eigenvalue weighted by Gasteiger charge is -2.01. The third-order valence-corrected chi connectivity index (χ3v) is 3.23. The fourth-order valence-corrected chi connectivity index (χ4v) is 2.02. The second kappa shape index (κ2) is 26.3. The zero-order valence-electron chi connectivity index (χ0n) is 18.3. The number of carbonyl (C=O) groups excluding carboxylic acids is 2. The number of aryl methyl sites for hydroxylation is 2. The Morgan fingerprint density at radius 1 is 0.733 bits per heavy atom. The van der Waals surface area contributed by atoms with Gasteiger partial charge in [0.2, 0.25) is 0 Å². The molecule has 0 bridgehead atoms. The lowest BCUT2D eigenvalue weighted by atomic mass is 10.1. The first kappa shape index (κ1) is 31.9. The molecule has 0 heterocycles. The van der Waals surface area contributed by atoms with Crippen molar-refractivity contribution in [2.24, 2.45) is 0 Å². The molecule has 0 radical (unpaired) electrons. The van der Waals surface area contributed by atoms with Gasteiger partial charge in [-0.1, -0.05) is 60.7 Å². The molecule has 7 nitrogen and oxygen atoms in total. The molecule has 0 fully saturated rings. The predicted octanol–water partition coefficient (Wildman–Crippen LogP) is 1.38. The molecule has 0 aliphatic carbocycles. The zero-order valence-corrected chi connectivity index (χ0v) is 18.3. The molecule has 2 aromatic carbocycles. The van der Waals surface area contributed by atoms with Crippen molar-refractivity contribution in [3.63, 3.8) is 0 Å². The molecule has 2 rings (SSSR count). The summed E-state index contributed by atoms with van der Waals surface area (Å²) in [6.45, 7) is 2.29. The lowest BCUT2D eigenvalue weighted by Crippen LogP contribution is -2.22. The van der Waals surface area contributed by atoms with Gasteiger partial charge in [-0.3, -0.25) is 4.79 Å². The highest BCUT2D eigenvalue weighted by atomic mass is 16.5. The van der Waals surface area contributed by atoms with Gasteiger partial charge in [-0.25, -0.2) is 0 Å². The number of hydrogen-bond donors (Lipinski definition) is 3. The molecular weight excluding hydrogens is 388 g/mol. The number of rotatable bonds is 7. The van der Waals surface area contributed by atoms with Gasteiger partial charge in [-0.15, -0.1) is 0 Å². The summed E-state index contributed by atoms with van der Waals surface area (Å²) in [5, 5.41) is 31.1. The van der Waals surface area contributed by atoms with E-state index < -0.39 is 5.97 Å². The first-order valence-corrected chi connectivity index (χ1v) is 9.39. The Morgan fingerprint density at radius 2 is 1.10 bits per heavy atom. The molecule has 0 aliphatic rings. The highest BCUT2D eigenvalue weighted by molar-refractivity contribution is 5.69. The average molecular weight is 424 g/mol. The quantitative estimate of drug-likeness (QED) is 0.574. The third-order valence-electron chi connectivity index (χ3n) is 3.23. The zero-order chi connectivity index (χ0) is 23.6. The Kier molecular flexibility index (Phi) is 28.0. The van der Waals surface area contributed by atoms with Crippen molar-refractivity contribution in [1.82, 2.24) is 0 Å². The molecule has 7 heteroatoms. The van der Waals surface area contributed by atoms with Crippen LogP contribution in [0.5, 0.6) is 0 Å². The summed E-state index contributed by atoms with van der Waals surface area (Å²) >= 11 is 0. The number of carboxylic acid groups (broad SMARTS) is 1. The van der Waals surface area contributed by atoms with Crippen LogP contribution in [0.2, 0.25) is 0 Å². The molecule has 0 saturated heterocycles. The van der Waals surface area contributed by atoms with Crippen molar-refractivity contribution in [3.05, 3.63) is 71.8 Å². The Morgan fingerprint density at radius 3 is 1.43 bits per heavy atom. The molecule has 0 atom stereocenters. The summed E-state index contributed by atoms with van der Waals surface area (Å²) in [5.41, 5.74) is 2.22. The number of esters is 1. The number of aliphatic hydroxyl groups excluding tert-OH is 3. The third kappa shape index (κ3) is 21.6. The minimum absolute atomic E-state index is 0.101. The highest BCUT2D eigenvalue weighted by Crippen LogP contribution is 2.03. The number of hydrogen-bond acceptors (Lipinski definition) is 7. The Balaban J connectivity index is -0.000000392. The van der Waals surface area contributed by atoms with Crippen LogP contribution in [0, 0.1) is 0 Å². The van der Waals surface area contributed by atoms with Crippen molar-refractivity contribution in [2.75, 3.05) is 27.9 Å². The number of benzene rings is 2. The maximum Gasteiger partial charge on any atom is 0.306 e. The highest BCUT2D eigenvalue weighted by Gasteiger charge is 2.01. The second-order valence-electron chi connectivity index (χ2n) is 5.15. The predicted molar refractivity (Wildman–Crippen MR) is 116 cm³/mol. The average Bonchev–Trinajstić information content (AvgIpc) is 2.82. The molecule has 0 aliphatic heterocycles. The van der Waals surface area contributed by atoms with Crippen LogP contribution in [0.3, 0.4) is 0 Å². The van der Waals surface area contributed by atoms with Crippen LogP contribution in [0.4, 0.5) is 0 Å². The molecular formula is C23H35O7-. The van der Waals surface area contributed by atoms with Crippen LogP contribution in [-0.4, -0.2) is 55.2 Å². The summed E-state index contributed by atoms with van der Waals surface area (Å²) in [6, 6.07) is 19.4. The minimum Gasteiger partial charge on any atom is -0.550 e. The topological polar surface area (TPSA) is 127 Å². The standard InChI is InChI=1S/C11H14O2.C9H10O2.3CH4O/c1-2-13-11(12)9-8-10-6-4-3-5-7-10;10-9(11)7-6-8-4-2-1-3-5-8;3*1-2/h3-7H,2,8-9H2,1H3;1-5H,6-7H2,(H,10,11);3*2H,1H3/p-1. The monoisotopic (exact) mass is 423 g/mol. The van der Waals surface area contributed by atoms with Gasteiger partial charge in [0.15, 0.2) is 0 Å². The van der Waals surface area contributed by atoms with Gasteiger partial charge >= 0.3 is 5.97 Å². The summed E-state index contributed by atoms with van der Waals surface area (Å²) in [7, 11) is 3.00. The lowest BCUT2D eigenvalue weighted by molar-refractivity contribution is -0.305. The van der Waals surface area contributed by atoms with Gasteiger partial charge in [0, 0.05) is 33.7 Å². The Hall–Kier alpha value is -2.74. The van der Waals surface area contributed by atoms with Crippen LogP contribution < -0.4 is 5.11 Å². The van der Waals surface area contributed by atoms with Crippen LogP contribution >= 0.6 is 0 Å². The van der Waals surface area contributed by atoms with Crippen LogP contribution in [-0.2, 0) is 27.2 Å². The van der Waals surface area contributed by atoms with Gasteiger partial charge < -0.3 is 30.0 Å². The smallest absolute Gasteiger partial charge is 0.306 e. The molecule has 170 valence electrons. The van der Waals surface area contributed by atoms with Crippen LogP contribution in [0.15, 0.2) is 60.7 Å². The number of carbonyl (C=O) groups is 2.